The molecule has 1 amide bonds. The molecule has 2 saturated heterocycles. The summed E-state index contributed by atoms with van der Waals surface area (Å²) >= 11 is 0. The number of amides is 1. The van der Waals surface area contributed by atoms with Crippen molar-refractivity contribution in [2.45, 2.75) is 44.6 Å². The van der Waals surface area contributed by atoms with Gasteiger partial charge in [0.25, 0.3) is 11.8 Å². The van der Waals surface area contributed by atoms with Crippen molar-refractivity contribution in [3.05, 3.63) is 29.8 Å². The summed E-state index contributed by atoms with van der Waals surface area (Å²) in [6.07, 6.45) is 3.11. The molecule has 1 aromatic carbocycles. The fraction of sp³-hybridized carbons (Fsp3) is 0.632. The Morgan fingerprint density at radius 1 is 1.04 bits per heavy atom. The van der Waals surface area contributed by atoms with Gasteiger partial charge in [-0.05, 0) is 25.3 Å². The summed E-state index contributed by atoms with van der Waals surface area (Å²) in [6, 6.07) is 7.56. The molecule has 0 atom stereocenters. The molecule has 4 nitrogen and oxygen atoms in total. The van der Waals surface area contributed by atoms with E-state index >= 15 is 0 Å². The first kappa shape index (κ1) is 18.1. The maximum absolute atomic E-state index is 13.3. The maximum atomic E-state index is 13.3. The minimum atomic E-state index is -2.53. The topological polar surface area (TPSA) is 32.8 Å². The first-order valence-corrected chi connectivity index (χ1v) is 9.12. The average Bonchev–Trinajstić information content (AvgIpc) is 2.63. The van der Waals surface area contributed by atoms with Crippen LogP contribution in [0.15, 0.2) is 24.3 Å². The van der Waals surface area contributed by atoms with Crippen LogP contribution in [0.1, 0.15) is 37.7 Å². The number of alkyl halides is 2. The molecule has 25 heavy (non-hydrogen) atoms. The zero-order valence-corrected chi connectivity index (χ0v) is 14.6. The van der Waals surface area contributed by atoms with Crippen LogP contribution in [0.3, 0.4) is 0 Å². The summed E-state index contributed by atoms with van der Waals surface area (Å²) in [5.74, 6) is -1.84. The molecule has 0 aromatic heterocycles. The van der Waals surface area contributed by atoms with Gasteiger partial charge in [0.2, 0.25) is 0 Å². The molecule has 0 bridgehead atoms. The van der Waals surface area contributed by atoms with Gasteiger partial charge in [0.05, 0.1) is 0 Å². The van der Waals surface area contributed by atoms with Crippen molar-refractivity contribution in [3.8, 4) is 5.75 Å². The molecule has 138 valence electrons. The lowest BCUT2D eigenvalue weighted by molar-refractivity contribution is -0.134. The maximum Gasteiger partial charge on any atom is 0.260 e. The van der Waals surface area contributed by atoms with Crippen molar-refractivity contribution < 1.29 is 18.3 Å². The molecule has 0 radical (unpaired) electrons. The van der Waals surface area contributed by atoms with Gasteiger partial charge in [0, 0.05) is 51.1 Å². The standard InChI is InChI=1S/C19H26F2N2O2/c20-19(21)8-12-22(13-9-19)14-16-6-2-3-7-17(16)25-15-18(24)23-10-4-1-5-11-23/h2-3,6-7H,1,4-5,8-15H2. The minimum Gasteiger partial charge on any atom is -0.483 e. The third-order valence-corrected chi connectivity index (χ3v) is 5.01. The highest BCUT2D eigenvalue weighted by Crippen LogP contribution is 2.29. The van der Waals surface area contributed by atoms with E-state index in [1.165, 1.54) is 6.42 Å². The normalized spacial score (nSPS) is 21.1. The molecule has 0 unspecified atom stereocenters. The molecule has 2 fully saturated rings. The molecule has 6 heteroatoms. The van der Waals surface area contributed by atoms with Crippen molar-refractivity contribution in [3.63, 3.8) is 0 Å². The fourth-order valence-electron chi connectivity index (χ4n) is 3.43. The van der Waals surface area contributed by atoms with Gasteiger partial charge in [-0.15, -0.1) is 0 Å². The third kappa shape index (κ3) is 5.14. The van der Waals surface area contributed by atoms with Crippen LogP contribution in [0, 0.1) is 0 Å². The van der Waals surface area contributed by atoms with Crippen LogP contribution in [0.4, 0.5) is 8.78 Å². The van der Waals surface area contributed by atoms with E-state index < -0.39 is 5.92 Å². The summed E-state index contributed by atoms with van der Waals surface area (Å²) in [6.45, 7) is 3.00. The number of rotatable bonds is 5. The lowest BCUT2D eigenvalue weighted by Gasteiger charge is -2.32. The van der Waals surface area contributed by atoms with Gasteiger partial charge >= 0.3 is 0 Å². The molecule has 2 aliphatic heterocycles. The predicted octanol–water partition coefficient (Wildman–Crippen LogP) is 3.31. The fourth-order valence-corrected chi connectivity index (χ4v) is 3.43. The number of nitrogens with zero attached hydrogens (tertiary/aromatic N) is 2. The largest absolute Gasteiger partial charge is 0.483 e. The summed E-state index contributed by atoms with van der Waals surface area (Å²) in [7, 11) is 0. The Hall–Kier alpha value is -1.69. The van der Waals surface area contributed by atoms with Crippen LogP contribution in [0.25, 0.3) is 0 Å². The van der Waals surface area contributed by atoms with Gasteiger partial charge in [-0.3, -0.25) is 9.69 Å². The van der Waals surface area contributed by atoms with E-state index in [1.54, 1.807) is 0 Å². The van der Waals surface area contributed by atoms with E-state index in [-0.39, 0.29) is 25.4 Å². The van der Waals surface area contributed by atoms with Gasteiger partial charge in [0.1, 0.15) is 5.75 Å². The molecular weight excluding hydrogens is 326 g/mol. The number of carbonyl (C=O) groups excluding carboxylic acids is 1. The van der Waals surface area contributed by atoms with Crippen molar-refractivity contribution >= 4 is 5.91 Å². The Balaban J connectivity index is 1.54. The number of hydrogen-bond acceptors (Lipinski definition) is 3. The molecule has 2 heterocycles. The van der Waals surface area contributed by atoms with E-state index in [1.807, 2.05) is 34.1 Å². The second-order valence-electron chi connectivity index (χ2n) is 6.97. The number of hydrogen-bond donors (Lipinski definition) is 0. The highest BCUT2D eigenvalue weighted by atomic mass is 19.3. The highest BCUT2D eigenvalue weighted by molar-refractivity contribution is 5.77. The molecule has 0 spiro atoms. The summed E-state index contributed by atoms with van der Waals surface area (Å²) < 4.78 is 32.3. The van der Waals surface area contributed by atoms with Crippen molar-refractivity contribution in [1.82, 2.24) is 9.80 Å². The van der Waals surface area contributed by atoms with Gasteiger partial charge in [-0.1, -0.05) is 18.2 Å². The summed E-state index contributed by atoms with van der Waals surface area (Å²) in [5.41, 5.74) is 0.944. The number of carbonyl (C=O) groups is 1. The summed E-state index contributed by atoms with van der Waals surface area (Å²) in [5, 5.41) is 0. The molecule has 0 aliphatic carbocycles. The van der Waals surface area contributed by atoms with Crippen molar-refractivity contribution in [2.75, 3.05) is 32.8 Å². The number of likely N-dealkylation sites (tertiary alicyclic amines) is 2. The average molecular weight is 352 g/mol. The van der Waals surface area contributed by atoms with E-state index in [9.17, 15) is 13.6 Å². The minimum absolute atomic E-state index is 0.0205. The highest BCUT2D eigenvalue weighted by Gasteiger charge is 2.34. The van der Waals surface area contributed by atoms with Crippen LogP contribution in [-0.4, -0.2) is 54.4 Å². The lowest BCUT2D eigenvalue weighted by atomic mass is 10.1. The number of ether oxygens (including phenoxy) is 1. The third-order valence-electron chi connectivity index (χ3n) is 5.01. The number of piperidine rings is 2. The smallest absolute Gasteiger partial charge is 0.260 e. The molecule has 3 rings (SSSR count). The first-order chi connectivity index (χ1) is 12.0. The first-order valence-electron chi connectivity index (χ1n) is 9.12. The monoisotopic (exact) mass is 352 g/mol. The number of halogens is 2. The zero-order chi connectivity index (χ0) is 17.7. The molecule has 1 aromatic rings. The van der Waals surface area contributed by atoms with E-state index in [2.05, 4.69) is 0 Å². The zero-order valence-electron chi connectivity index (χ0n) is 14.6. The molecular formula is C19H26F2N2O2. The van der Waals surface area contributed by atoms with E-state index in [0.717, 1.165) is 31.5 Å². The van der Waals surface area contributed by atoms with Crippen LogP contribution >= 0.6 is 0 Å². The van der Waals surface area contributed by atoms with Gasteiger partial charge in [-0.25, -0.2) is 8.78 Å². The summed E-state index contributed by atoms with van der Waals surface area (Å²) in [4.78, 5) is 16.1. The van der Waals surface area contributed by atoms with Gasteiger partial charge in [-0.2, -0.15) is 0 Å². The number of benzene rings is 1. The Bertz CT molecular complexity index is 579. The molecule has 2 aliphatic rings. The number of para-hydroxylation sites is 1. The predicted molar refractivity (Wildman–Crippen MR) is 91.8 cm³/mol. The van der Waals surface area contributed by atoms with Crippen molar-refractivity contribution in [2.24, 2.45) is 0 Å². The van der Waals surface area contributed by atoms with Crippen molar-refractivity contribution in [1.29, 1.82) is 0 Å². The van der Waals surface area contributed by atoms with Gasteiger partial charge < -0.3 is 9.64 Å². The van der Waals surface area contributed by atoms with E-state index in [0.29, 0.717) is 25.4 Å². The van der Waals surface area contributed by atoms with E-state index in [4.69, 9.17) is 4.74 Å². The Kier molecular flexibility index (Phi) is 5.89. The SMILES string of the molecule is O=C(COc1ccccc1CN1CCC(F)(F)CC1)N1CCCCC1. The quantitative estimate of drug-likeness (QED) is 0.815. The van der Waals surface area contributed by atoms with Crippen LogP contribution < -0.4 is 4.74 Å². The Morgan fingerprint density at radius 2 is 1.72 bits per heavy atom. The second kappa shape index (κ2) is 8.13. The van der Waals surface area contributed by atoms with Crippen LogP contribution in [0.2, 0.25) is 0 Å². The lowest BCUT2D eigenvalue weighted by Crippen LogP contribution is -2.39. The second-order valence-corrected chi connectivity index (χ2v) is 6.97. The van der Waals surface area contributed by atoms with Crippen LogP contribution in [-0.2, 0) is 11.3 Å². The molecule has 0 N–H and O–H groups in total. The van der Waals surface area contributed by atoms with Gasteiger partial charge in [0.15, 0.2) is 6.61 Å². The molecule has 0 saturated carbocycles. The van der Waals surface area contributed by atoms with Crippen LogP contribution in [0.5, 0.6) is 5.75 Å². The Labute approximate surface area is 147 Å². The Morgan fingerprint density at radius 3 is 2.44 bits per heavy atom.